The largest absolute Gasteiger partial charge is 0.497 e. The van der Waals surface area contributed by atoms with Gasteiger partial charge in [-0.3, -0.25) is 4.79 Å². The van der Waals surface area contributed by atoms with Gasteiger partial charge in [0.2, 0.25) is 0 Å². The van der Waals surface area contributed by atoms with Crippen molar-refractivity contribution in [1.29, 1.82) is 0 Å². The summed E-state index contributed by atoms with van der Waals surface area (Å²) in [5.41, 5.74) is 0. The quantitative estimate of drug-likeness (QED) is 0.827. The number of likely N-dealkylation sites (N-methyl/N-ethyl adjacent to an activating group) is 1. The van der Waals surface area contributed by atoms with E-state index in [4.69, 9.17) is 9.47 Å². The molecule has 1 aliphatic heterocycles. The highest BCUT2D eigenvalue weighted by molar-refractivity contribution is 5.81. The fourth-order valence-corrected chi connectivity index (χ4v) is 2.47. The molecule has 5 nitrogen and oxygen atoms in total. The van der Waals surface area contributed by atoms with Crippen LogP contribution in [-0.4, -0.2) is 61.6 Å². The molecule has 0 bridgehead atoms. The average Bonchev–Trinajstić information content (AvgIpc) is 2.54. The maximum Gasteiger partial charge on any atom is 0.263 e. The van der Waals surface area contributed by atoms with Crippen molar-refractivity contribution >= 4 is 5.91 Å². The Morgan fingerprint density at radius 1 is 1.24 bits per heavy atom. The van der Waals surface area contributed by atoms with Crippen LogP contribution < -0.4 is 9.47 Å². The van der Waals surface area contributed by atoms with Gasteiger partial charge in [-0.05, 0) is 25.6 Å². The molecule has 1 saturated heterocycles. The maximum atomic E-state index is 12.4. The smallest absolute Gasteiger partial charge is 0.263 e. The van der Waals surface area contributed by atoms with Crippen molar-refractivity contribution in [2.45, 2.75) is 20.0 Å². The lowest BCUT2D eigenvalue weighted by molar-refractivity contribution is -0.139. The number of rotatable bonds is 5. The van der Waals surface area contributed by atoms with Crippen molar-refractivity contribution in [3.05, 3.63) is 24.3 Å². The lowest BCUT2D eigenvalue weighted by Crippen LogP contribution is -2.51. The first kappa shape index (κ1) is 15.6. The number of hydrogen-bond acceptors (Lipinski definition) is 4. The highest BCUT2D eigenvalue weighted by Crippen LogP contribution is 2.20. The molecule has 1 amide bonds. The molecule has 1 atom stereocenters. The summed E-state index contributed by atoms with van der Waals surface area (Å²) in [6.07, 6.45) is -0.481. The van der Waals surface area contributed by atoms with Crippen LogP contribution in [0.4, 0.5) is 0 Å². The summed E-state index contributed by atoms with van der Waals surface area (Å²) < 4.78 is 10.9. The molecule has 0 N–H and O–H groups in total. The normalized spacial score (nSPS) is 17.4. The van der Waals surface area contributed by atoms with Gasteiger partial charge >= 0.3 is 0 Å². The Morgan fingerprint density at radius 2 is 1.90 bits per heavy atom. The zero-order valence-corrected chi connectivity index (χ0v) is 13.0. The Kier molecular flexibility index (Phi) is 5.44. The molecule has 1 aliphatic rings. The van der Waals surface area contributed by atoms with Crippen molar-refractivity contribution in [1.82, 2.24) is 9.80 Å². The molecule has 5 heteroatoms. The predicted octanol–water partition coefficient (Wildman–Crippen LogP) is 1.63. The van der Waals surface area contributed by atoms with Crippen LogP contribution in [0, 0.1) is 0 Å². The molecule has 1 aromatic rings. The van der Waals surface area contributed by atoms with E-state index >= 15 is 0 Å². The first-order valence-electron chi connectivity index (χ1n) is 7.46. The highest BCUT2D eigenvalue weighted by Gasteiger charge is 2.25. The van der Waals surface area contributed by atoms with Gasteiger partial charge in [-0.15, -0.1) is 0 Å². The van der Waals surface area contributed by atoms with Crippen molar-refractivity contribution in [3.63, 3.8) is 0 Å². The van der Waals surface area contributed by atoms with Gasteiger partial charge in [0.05, 0.1) is 7.11 Å². The van der Waals surface area contributed by atoms with Gasteiger partial charge in [-0.25, -0.2) is 0 Å². The van der Waals surface area contributed by atoms with Crippen LogP contribution >= 0.6 is 0 Å². The fourth-order valence-electron chi connectivity index (χ4n) is 2.47. The summed E-state index contributed by atoms with van der Waals surface area (Å²) >= 11 is 0. The van der Waals surface area contributed by atoms with Crippen molar-refractivity contribution < 1.29 is 14.3 Å². The van der Waals surface area contributed by atoms with Crippen LogP contribution in [0.3, 0.4) is 0 Å². The number of amides is 1. The number of carbonyl (C=O) groups excluding carboxylic acids is 1. The number of piperazine rings is 1. The van der Waals surface area contributed by atoms with E-state index in [0.717, 1.165) is 38.5 Å². The molecule has 1 aromatic carbocycles. The molecular weight excluding hydrogens is 268 g/mol. The van der Waals surface area contributed by atoms with E-state index in [1.54, 1.807) is 20.1 Å². The van der Waals surface area contributed by atoms with Gasteiger partial charge in [0.15, 0.2) is 6.10 Å². The predicted molar refractivity (Wildman–Crippen MR) is 81.8 cm³/mol. The van der Waals surface area contributed by atoms with E-state index in [1.807, 2.05) is 23.1 Å². The molecule has 0 aliphatic carbocycles. The summed E-state index contributed by atoms with van der Waals surface area (Å²) in [4.78, 5) is 16.6. The molecular formula is C16H24N2O3. The van der Waals surface area contributed by atoms with Gasteiger partial charge in [-0.1, -0.05) is 13.0 Å². The second kappa shape index (κ2) is 7.31. The molecule has 116 valence electrons. The second-order valence-electron chi connectivity index (χ2n) is 5.20. The van der Waals surface area contributed by atoms with E-state index in [-0.39, 0.29) is 5.91 Å². The van der Waals surface area contributed by atoms with E-state index < -0.39 is 6.10 Å². The zero-order valence-electron chi connectivity index (χ0n) is 13.0. The van der Waals surface area contributed by atoms with Crippen molar-refractivity contribution in [2.75, 3.05) is 39.8 Å². The van der Waals surface area contributed by atoms with Crippen molar-refractivity contribution in [3.8, 4) is 11.5 Å². The standard InChI is InChI=1S/C16H24N2O3/c1-4-17-8-10-18(11-9-17)16(19)13(2)21-15-7-5-6-14(12-15)20-3/h5-7,12-13H,4,8-11H2,1-3H3. The lowest BCUT2D eigenvalue weighted by atomic mass is 10.2. The Bertz CT molecular complexity index is 470. The van der Waals surface area contributed by atoms with Crippen LogP contribution in [0.15, 0.2) is 24.3 Å². The van der Waals surface area contributed by atoms with E-state index in [1.165, 1.54) is 0 Å². The summed E-state index contributed by atoms with van der Waals surface area (Å²) in [5.74, 6) is 1.43. The van der Waals surface area contributed by atoms with Gasteiger partial charge in [0.1, 0.15) is 11.5 Å². The minimum Gasteiger partial charge on any atom is -0.497 e. The number of benzene rings is 1. The molecule has 2 rings (SSSR count). The number of ether oxygens (including phenoxy) is 2. The van der Waals surface area contributed by atoms with E-state index in [2.05, 4.69) is 11.8 Å². The van der Waals surface area contributed by atoms with E-state index in [0.29, 0.717) is 5.75 Å². The van der Waals surface area contributed by atoms with Gasteiger partial charge in [0, 0.05) is 32.2 Å². The minimum absolute atomic E-state index is 0.0496. The molecule has 0 aromatic heterocycles. The molecule has 1 fully saturated rings. The van der Waals surface area contributed by atoms with Crippen LogP contribution in [0.1, 0.15) is 13.8 Å². The molecule has 0 radical (unpaired) electrons. The highest BCUT2D eigenvalue weighted by atomic mass is 16.5. The van der Waals surface area contributed by atoms with Crippen LogP contribution in [0.2, 0.25) is 0 Å². The zero-order chi connectivity index (χ0) is 15.2. The maximum absolute atomic E-state index is 12.4. The van der Waals surface area contributed by atoms with Crippen molar-refractivity contribution in [2.24, 2.45) is 0 Å². The Morgan fingerprint density at radius 3 is 2.52 bits per heavy atom. The SMILES string of the molecule is CCN1CCN(C(=O)C(C)Oc2cccc(OC)c2)CC1. The number of carbonyl (C=O) groups is 1. The molecule has 0 spiro atoms. The van der Waals surface area contributed by atoms with Crippen LogP contribution in [-0.2, 0) is 4.79 Å². The third-order valence-corrected chi connectivity index (χ3v) is 3.83. The Labute approximate surface area is 126 Å². The fraction of sp³-hybridized carbons (Fsp3) is 0.562. The van der Waals surface area contributed by atoms with Gasteiger partial charge in [0.25, 0.3) is 5.91 Å². The minimum atomic E-state index is -0.481. The van der Waals surface area contributed by atoms with E-state index in [9.17, 15) is 4.79 Å². The number of nitrogens with zero attached hydrogens (tertiary/aromatic N) is 2. The Balaban J connectivity index is 1.90. The van der Waals surface area contributed by atoms with Gasteiger partial charge < -0.3 is 19.3 Å². The van der Waals surface area contributed by atoms with Gasteiger partial charge in [-0.2, -0.15) is 0 Å². The number of hydrogen-bond donors (Lipinski definition) is 0. The first-order valence-corrected chi connectivity index (χ1v) is 7.46. The number of methoxy groups -OCH3 is 1. The Hall–Kier alpha value is -1.75. The van der Waals surface area contributed by atoms with Crippen LogP contribution in [0.5, 0.6) is 11.5 Å². The molecule has 1 heterocycles. The lowest BCUT2D eigenvalue weighted by Gasteiger charge is -2.35. The topological polar surface area (TPSA) is 42.0 Å². The molecule has 1 unspecified atom stereocenters. The summed E-state index contributed by atoms with van der Waals surface area (Å²) in [7, 11) is 1.61. The average molecular weight is 292 g/mol. The third-order valence-electron chi connectivity index (χ3n) is 3.83. The monoisotopic (exact) mass is 292 g/mol. The first-order chi connectivity index (χ1) is 10.1. The molecule has 0 saturated carbocycles. The van der Waals surface area contributed by atoms with Crippen LogP contribution in [0.25, 0.3) is 0 Å². The summed E-state index contributed by atoms with van der Waals surface area (Å²) in [6, 6.07) is 7.33. The molecule has 21 heavy (non-hydrogen) atoms. The summed E-state index contributed by atoms with van der Waals surface area (Å²) in [6.45, 7) is 8.41. The third kappa shape index (κ3) is 4.11. The second-order valence-corrected chi connectivity index (χ2v) is 5.20. The summed E-state index contributed by atoms with van der Waals surface area (Å²) in [5, 5.41) is 0.